The maximum atomic E-state index is 12.6. The topological polar surface area (TPSA) is 95.8 Å². The predicted octanol–water partition coefficient (Wildman–Crippen LogP) is 3.30. The normalized spacial score (nSPS) is 16.1. The van der Waals surface area contributed by atoms with Gasteiger partial charge >= 0.3 is 0 Å². The molecule has 0 bridgehead atoms. The van der Waals surface area contributed by atoms with E-state index in [1.165, 1.54) is 42.1 Å². The van der Waals surface area contributed by atoms with Gasteiger partial charge < -0.3 is 10.2 Å². The first-order valence-electron chi connectivity index (χ1n) is 10.1. The Morgan fingerprint density at radius 1 is 1.14 bits per heavy atom. The number of sulfonamides is 1. The Hall–Kier alpha value is -1.71. The van der Waals surface area contributed by atoms with Gasteiger partial charge in [0.25, 0.3) is 5.69 Å². The SMILES string of the molecule is CCN(CC)S(=O)(=O)c1ccc(NCCCN2CCCCCC2)c([N+](=O)[O-])c1. The van der Waals surface area contributed by atoms with Crippen LogP contribution in [0, 0.1) is 10.1 Å². The van der Waals surface area contributed by atoms with Crippen LogP contribution in [0.5, 0.6) is 0 Å². The van der Waals surface area contributed by atoms with E-state index < -0.39 is 14.9 Å². The quantitative estimate of drug-likeness (QED) is 0.360. The average Bonchev–Trinajstić information content (AvgIpc) is 2.94. The Labute approximate surface area is 168 Å². The second-order valence-electron chi connectivity index (χ2n) is 7.06. The smallest absolute Gasteiger partial charge is 0.293 e. The highest BCUT2D eigenvalue weighted by Crippen LogP contribution is 2.29. The minimum Gasteiger partial charge on any atom is -0.379 e. The van der Waals surface area contributed by atoms with Crippen LogP contribution in [0.15, 0.2) is 23.1 Å². The van der Waals surface area contributed by atoms with Crippen molar-refractivity contribution in [1.82, 2.24) is 9.21 Å². The first kappa shape index (κ1) is 22.6. The number of benzene rings is 1. The Balaban J connectivity index is 2.03. The summed E-state index contributed by atoms with van der Waals surface area (Å²) in [6, 6.07) is 4.10. The lowest BCUT2D eigenvalue weighted by Gasteiger charge is -2.20. The molecule has 9 heteroatoms. The second kappa shape index (κ2) is 10.7. The number of likely N-dealkylation sites (tertiary alicyclic amines) is 1. The van der Waals surface area contributed by atoms with Crippen LogP contribution in [0.25, 0.3) is 0 Å². The Morgan fingerprint density at radius 2 is 1.79 bits per heavy atom. The van der Waals surface area contributed by atoms with E-state index in [1.54, 1.807) is 13.8 Å². The largest absolute Gasteiger partial charge is 0.379 e. The molecule has 158 valence electrons. The molecule has 0 atom stereocenters. The molecule has 1 aliphatic rings. The van der Waals surface area contributed by atoms with Gasteiger partial charge in [-0.05, 0) is 51.0 Å². The van der Waals surface area contributed by atoms with Crippen molar-refractivity contribution in [3.8, 4) is 0 Å². The van der Waals surface area contributed by atoms with Crippen molar-refractivity contribution in [1.29, 1.82) is 0 Å². The molecule has 1 saturated heterocycles. The van der Waals surface area contributed by atoms with Crippen molar-refractivity contribution >= 4 is 21.4 Å². The molecular weight excluding hydrogens is 380 g/mol. The minimum absolute atomic E-state index is 0.0435. The lowest BCUT2D eigenvalue weighted by Crippen LogP contribution is -2.30. The van der Waals surface area contributed by atoms with E-state index in [-0.39, 0.29) is 10.6 Å². The van der Waals surface area contributed by atoms with Crippen molar-refractivity contribution in [2.24, 2.45) is 0 Å². The summed E-state index contributed by atoms with van der Waals surface area (Å²) < 4.78 is 26.5. The summed E-state index contributed by atoms with van der Waals surface area (Å²) >= 11 is 0. The zero-order valence-electron chi connectivity index (χ0n) is 16.9. The van der Waals surface area contributed by atoms with Crippen molar-refractivity contribution in [2.75, 3.05) is 44.6 Å². The van der Waals surface area contributed by atoms with Crippen molar-refractivity contribution in [2.45, 2.75) is 50.8 Å². The van der Waals surface area contributed by atoms with E-state index in [0.717, 1.165) is 32.1 Å². The summed E-state index contributed by atoms with van der Waals surface area (Å²) in [5.74, 6) is 0. The number of nitro groups is 1. The molecule has 28 heavy (non-hydrogen) atoms. The highest BCUT2D eigenvalue weighted by molar-refractivity contribution is 7.89. The molecule has 1 fully saturated rings. The monoisotopic (exact) mass is 412 g/mol. The molecule has 0 aliphatic carbocycles. The predicted molar refractivity (Wildman–Crippen MR) is 111 cm³/mol. The fourth-order valence-electron chi connectivity index (χ4n) is 3.57. The van der Waals surface area contributed by atoms with E-state index in [2.05, 4.69) is 10.2 Å². The van der Waals surface area contributed by atoms with Crippen LogP contribution in [-0.4, -0.2) is 61.8 Å². The number of nitrogens with zero attached hydrogens (tertiary/aromatic N) is 3. The Bertz CT molecular complexity index is 742. The van der Waals surface area contributed by atoms with Gasteiger partial charge in [0.2, 0.25) is 10.0 Å². The van der Waals surface area contributed by atoms with Gasteiger partial charge in [-0.3, -0.25) is 10.1 Å². The molecule has 1 aromatic carbocycles. The van der Waals surface area contributed by atoms with E-state index in [9.17, 15) is 18.5 Å². The summed E-state index contributed by atoms with van der Waals surface area (Å²) in [5, 5.41) is 14.6. The van der Waals surface area contributed by atoms with Gasteiger partial charge in [0, 0.05) is 25.7 Å². The number of hydrogen-bond donors (Lipinski definition) is 1. The van der Waals surface area contributed by atoms with Crippen LogP contribution >= 0.6 is 0 Å². The third kappa shape index (κ3) is 5.89. The van der Waals surface area contributed by atoms with Gasteiger partial charge in [-0.2, -0.15) is 4.31 Å². The average molecular weight is 413 g/mol. The zero-order valence-corrected chi connectivity index (χ0v) is 17.7. The minimum atomic E-state index is -3.72. The van der Waals surface area contributed by atoms with Gasteiger partial charge in [-0.25, -0.2) is 8.42 Å². The molecule has 1 heterocycles. The van der Waals surface area contributed by atoms with Crippen LogP contribution in [-0.2, 0) is 10.0 Å². The highest BCUT2D eigenvalue weighted by Gasteiger charge is 2.25. The molecule has 1 aromatic rings. The summed E-state index contributed by atoms with van der Waals surface area (Å²) in [5.41, 5.74) is 0.155. The van der Waals surface area contributed by atoms with Crippen molar-refractivity contribution < 1.29 is 13.3 Å². The van der Waals surface area contributed by atoms with Crippen LogP contribution < -0.4 is 5.32 Å². The zero-order chi connectivity index (χ0) is 20.6. The van der Waals surface area contributed by atoms with Gasteiger partial charge in [0.1, 0.15) is 5.69 Å². The van der Waals surface area contributed by atoms with E-state index in [4.69, 9.17) is 0 Å². The van der Waals surface area contributed by atoms with E-state index in [1.807, 2.05) is 0 Å². The summed E-state index contributed by atoms with van der Waals surface area (Å²) in [7, 11) is -3.72. The lowest BCUT2D eigenvalue weighted by atomic mass is 10.2. The first-order chi connectivity index (χ1) is 13.4. The van der Waals surface area contributed by atoms with Gasteiger partial charge in [0.15, 0.2) is 0 Å². The fraction of sp³-hybridized carbons (Fsp3) is 0.684. The highest BCUT2D eigenvalue weighted by atomic mass is 32.2. The van der Waals surface area contributed by atoms with Gasteiger partial charge in [-0.15, -0.1) is 0 Å². The van der Waals surface area contributed by atoms with E-state index >= 15 is 0 Å². The Morgan fingerprint density at radius 3 is 2.36 bits per heavy atom. The molecule has 1 N–H and O–H groups in total. The standard InChI is InChI=1S/C19H32N4O4S/c1-3-22(4-2)28(26,27)17-10-11-18(19(16-17)23(24)25)20-12-9-15-21-13-7-5-6-8-14-21/h10-11,16,20H,3-9,12-15H2,1-2H3. The molecule has 0 amide bonds. The molecule has 2 rings (SSSR count). The van der Waals surface area contributed by atoms with Crippen molar-refractivity contribution in [3.63, 3.8) is 0 Å². The number of rotatable bonds is 10. The van der Waals surface area contributed by atoms with Crippen molar-refractivity contribution in [3.05, 3.63) is 28.3 Å². The second-order valence-corrected chi connectivity index (χ2v) is 9.00. The van der Waals surface area contributed by atoms with Crippen LogP contribution in [0.4, 0.5) is 11.4 Å². The van der Waals surface area contributed by atoms with E-state index in [0.29, 0.717) is 25.3 Å². The molecule has 8 nitrogen and oxygen atoms in total. The number of nitrogens with one attached hydrogen (secondary N) is 1. The molecule has 0 saturated carbocycles. The summed E-state index contributed by atoms with van der Waals surface area (Å²) in [6.07, 6.45) is 5.95. The number of nitro benzene ring substituents is 1. The van der Waals surface area contributed by atoms with Gasteiger partial charge in [-0.1, -0.05) is 26.7 Å². The molecule has 0 spiro atoms. The third-order valence-corrected chi connectivity index (χ3v) is 7.22. The maximum absolute atomic E-state index is 12.6. The van der Waals surface area contributed by atoms with Crippen LogP contribution in [0.3, 0.4) is 0 Å². The molecule has 0 radical (unpaired) electrons. The number of hydrogen-bond acceptors (Lipinski definition) is 6. The number of anilines is 1. The van der Waals surface area contributed by atoms with Gasteiger partial charge in [0.05, 0.1) is 9.82 Å². The fourth-order valence-corrected chi connectivity index (χ4v) is 5.05. The van der Waals surface area contributed by atoms with Crippen LogP contribution in [0.2, 0.25) is 0 Å². The summed E-state index contributed by atoms with van der Waals surface area (Å²) in [6.45, 7) is 7.96. The van der Waals surface area contributed by atoms with Crippen LogP contribution in [0.1, 0.15) is 46.0 Å². The third-order valence-electron chi connectivity index (χ3n) is 5.17. The molecule has 0 unspecified atom stereocenters. The summed E-state index contributed by atoms with van der Waals surface area (Å²) in [4.78, 5) is 13.4. The lowest BCUT2D eigenvalue weighted by molar-refractivity contribution is -0.384. The molecule has 1 aliphatic heterocycles. The Kier molecular flexibility index (Phi) is 8.65. The first-order valence-corrected chi connectivity index (χ1v) is 11.6. The molecular formula is C19H32N4O4S. The molecule has 0 aromatic heterocycles. The maximum Gasteiger partial charge on any atom is 0.293 e.